The van der Waals surface area contributed by atoms with E-state index in [9.17, 15) is 24.3 Å². The molecule has 0 aliphatic heterocycles. The summed E-state index contributed by atoms with van der Waals surface area (Å²) in [5.74, 6) is -1.86. The molecule has 2 unspecified atom stereocenters. The van der Waals surface area contributed by atoms with Crippen LogP contribution in [0.4, 0.5) is 0 Å². The normalized spacial score (nSPS) is 13.4. The molecule has 0 aliphatic carbocycles. The van der Waals surface area contributed by atoms with E-state index in [1.165, 1.54) is 0 Å². The number of fused-ring (bicyclic) bond motifs is 2. The lowest BCUT2D eigenvalue weighted by Gasteiger charge is -2.21. The number of nitrogens with two attached hydrogens (primary N) is 2. The van der Waals surface area contributed by atoms with Gasteiger partial charge in [-0.15, -0.1) is 0 Å². The minimum absolute atomic E-state index is 0.0984. The van der Waals surface area contributed by atoms with Crippen molar-refractivity contribution in [2.24, 2.45) is 35.5 Å². The number of imidazole rings is 2. The number of benzene rings is 2. The van der Waals surface area contributed by atoms with E-state index in [0.29, 0.717) is 94.2 Å². The number of primary amides is 2. The van der Waals surface area contributed by atoms with Gasteiger partial charge in [0.05, 0.1) is 34.5 Å². The van der Waals surface area contributed by atoms with Crippen LogP contribution in [0.3, 0.4) is 0 Å². The van der Waals surface area contributed by atoms with Crippen LogP contribution in [0.5, 0.6) is 5.75 Å². The van der Waals surface area contributed by atoms with Crippen molar-refractivity contribution in [2.75, 3.05) is 13.2 Å². The van der Waals surface area contributed by atoms with Crippen LogP contribution < -0.4 is 27.4 Å². The largest absolute Gasteiger partial charge is 0.491 e. The van der Waals surface area contributed by atoms with Gasteiger partial charge in [0.2, 0.25) is 23.1 Å². The number of nitrogens with zero attached hydrogens (tertiary/aromatic N) is 10. The standard InChI is InChI=1S/C41H52N12O6/c1-9-50-32(18-23(3)46-50)38(57)44-40-48(7)30-20-27(36(42)55)14-15-29(30)52(40)25(5)12-13-26(6)53-35-31(21-28(37(43)56)22-34(35)59-17-11-16-54)49(8)41(53)45-39(58)33-19-24(4)47-51(33)10-2/h14-15,18-22,25-26,54H,9-13,16-17H2,1-8H3,(H2,42,55)(H2,43,56). The summed E-state index contributed by atoms with van der Waals surface area (Å²) in [6.45, 7) is 12.5. The maximum absolute atomic E-state index is 13.9. The average Bonchev–Trinajstić information content (AvgIpc) is 3.94. The van der Waals surface area contributed by atoms with Gasteiger partial charge in [-0.1, -0.05) is 0 Å². The van der Waals surface area contributed by atoms with E-state index in [4.69, 9.17) is 16.2 Å². The van der Waals surface area contributed by atoms with E-state index < -0.39 is 23.6 Å². The Labute approximate surface area is 340 Å². The Hall–Kier alpha value is -6.56. The molecule has 4 aromatic heterocycles. The van der Waals surface area contributed by atoms with E-state index in [1.807, 2.05) is 50.7 Å². The Morgan fingerprint density at radius 1 is 0.729 bits per heavy atom. The van der Waals surface area contributed by atoms with Gasteiger partial charge in [0.1, 0.15) is 22.7 Å². The first-order valence-corrected chi connectivity index (χ1v) is 19.7. The van der Waals surface area contributed by atoms with Gasteiger partial charge in [-0.25, -0.2) is 0 Å². The number of hydrogen-bond acceptors (Lipinski definition) is 8. The highest BCUT2D eigenvalue weighted by atomic mass is 16.5. The van der Waals surface area contributed by atoms with Crippen molar-refractivity contribution < 1.29 is 29.0 Å². The Balaban J connectivity index is 1.49. The predicted molar refractivity (Wildman–Crippen MR) is 220 cm³/mol. The van der Waals surface area contributed by atoms with Gasteiger partial charge in [0.25, 0.3) is 11.8 Å². The highest BCUT2D eigenvalue weighted by molar-refractivity contribution is 5.99. The summed E-state index contributed by atoms with van der Waals surface area (Å²) >= 11 is 0. The zero-order chi connectivity index (χ0) is 42.9. The van der Waals surface area contributed by atoms with Gasteiger partial charge in [-0.05, 0) is 96.8 Å². The Morgan fingerprint density at radius 3 is 1.76 bits per heavy atom. The highest BCUT2D eigenvalue weighted by Gasteiger charge is 2.25. The number of carbonyl (C=O) groups is 4. The van der Waals surface area contributed by atoms with Crippen LogP contribution in [0.1, 0.15) is 112 Å². The molecular formula is C41H52N12O6. The molecule has 6 aromatic rings. The lowest BCUT2D eigenvalue weighted by Crippen LogP contribution is -2.30. The van der Waals surface area contributed by atoms with Crippen LogP contribution >= 0.6 is 0 Å². The minimum atomic E-state index is -0.658. The second kappa shape index (κ2) is 17.1. The number of hydrogen-bond donors (Lipinski definition) is 3. The fourth-order valence-corrected chi connectivity index (χ4v) is 7.55. The molecule has 4 amide bonds. The molecule has 0 saturated carbocycles. The predicted octanol–water partition coefficient (Wildman–Crippen LogP) is 3.37. The molecule has 2 aromatic carbocycles. The zero-order valence-corrected chi connectivity index (χ0v) is 34.8. The second-order valence-corrected chi connectivity index (χ2v) is 14.7. The van der Waals surface area contributed by atoms with E-state index in [1.54, 1.807) is 75.1 Å². The lowest BCUT2D eigenvalue weighted by molar-refractivity contribution is 0.0977. The van der Waals surface area contributed by atoms with Gasteiger partial charge in [-0.2, -0.15) is 20.2 Å². The monoisotopic (exact) mass is 808 g/mol. The van der Waals surface area contributed by atoms with Crippen molar-refractivity contribution >= 4 is 45.7 Å². The molecule has 59 heavy (non-hydrogen) atoms. The smallest absolute Gasteiger partial charge is 0.298 e. The minimum Gasteiger partial charge on any atom is -0.491 e. The number of carbonyl (C=O) groups excluding carboxylic acids is 4. The SMILES string of the molecule is CCn1nc(C)cc1C(=O)N=c1n(C)c2cc(C(N)=O)ccc2n1C(C)CCC(C)n1c(=NC(=O)c2cc(C)nn2CC)n(C)c2cc(C(N)=O)cc(OCCCO)c21. The van der Waals surface area contributed by atoms with Crippen molar-refractivity contribution in [3.8, 4) is 5.75 Å². The van der Waals surface area contributed by atoms with Crippen LogP contribution in [-0.2, 0) is 27.2 Å². The van der Waals surface area contributed by atoms with Gasteiger partial charge in [0, 0.05) is 63.4 Å². The van der Waals surface area contributed by atoms with Crippen LogP contribution in [-0.4, -0.2) is 79.8 Å². The maximum Gasteiger partial charge on any atom is 0.298 e. The average molecular weight is 809 g/mol. The summed E-state index contributed by atoms with van der Waals surface area (Å²) in [5.41, 5.74) is 17.2. The van der Waals surface area contributed by atoms with Crippen molar-refractivity contribution in [3.05, 3.63) is 87.6 Å². The number of aromatic nitrogens is 8. The molecular weight excluding hydrogens is 757 g/mol. The first-order valence-electron chi connectivity index (χ1n) is 19.7. The van der Waals surface area contributed by atoms with E-state index in [-0.39, 0.29) is 30.9 Å². The van der Waals surface area contributed by atoms with Crippen molar-refractivity contribution in [1.29, 1.82) is 0 Å². The molecule has 0 radical (unpaired) electrons. The number of ether oxygens (including phenoxy) is 1. The van der Waals surface area contributed by atoms with Crippen LogP contribution in [0.25, 0.3) is 22.1 Å². The Kier molecular flexibility index (Phi) is 12.2. The molecule has 0 bridgehead atoms. The number of amides is 4. The third-order valence-corrected chi connectivity index (χ3v) is 10.5. The van der Waals surface area contributed by atoms with Crippen molar-refractivity contribution in [1.82, 2.24) is 37.8 Å². The van der Waals surface area contributed by atoms with E-state index in [2.05, 4.69) is 20.2 Å². The summed E-state index contributed by atoms with van der Waals surface area (Å²) in [4.78, 5) is 61.8. The van der Waals surface area contributed by atoms with Crippen molar-refractivity contribution in [2.45, 2.75) is 86.0 Å². The fraction of sp³-hybridized carbons (Fsp3) is 0.415. The van der Waals surface area contributed by atoms with Crippen molar-refractivity contribution in [3.63, 3.8) is 0 Å². The quantitative estimate of drug-likeness (QED) is 0.130. The molecule has 6 rings (SSSR count). The molecule has 18 heteroatoms. The molecule has 18 nitrogen and oxygen atoms in total. The molecule has 312 valence electrons. The lowest BCUT2D eigenvalue weighted by atomic mass is 10.1. The van der Waals surface area contributed by atoms with Crippen LogP contribution in [0.2, 0.25) is 0 Å². The van der Waals surface area contributed by atoms with Crippen LogP contribution in [0.15, 0.2) is 52.4 Å². The fourth-order valence-electron chi connectivity index (χ4n) is 7.55. The van der Waals surface area contributed by atoms with E-state index in [0.717, 1.165) is 5.52 Å². The second-order valence-electron chi connectivity index (χ2n) is 14.7. The highest BCUT2D eigenvalue weighted by Crippen LogP contribution is 2.32. The topological polar surface area (TPSA) is 230 Å². The number of rotatable bonds is 15. The molecule has 0 spiro atoms. The third kappa shape index (κ3) is 8.12. The Bertz CT molecular complexity index is 2760. The molecule has 0 aliphatic rings. The van der Waals surface area contributed by atoms with E-state index >= 15 is 0 Å². The first kappa shape index (κ1) is 42.1. The number of aliphatic hydroxyl groups is 1. The molecule has 4 heterocycles. The number of aryl methyl sites for hydroxylation is 6. The summed E-state index contributed by atoms with van der Waals surface area (Å²) in [6, 6.07) is 11.2. The Morgan fingerprint density at radius 2 is 1.24 bits per heavy atom. The summed E-state index contributed by atoms with van der Waals surface area (Å²) in [5, 5.41) is 18.4. The first-order chi connectivity index (χ1) is 28.1. The van der Waals surface area contributed by atoms with Gasteiger partial charge < -0.3 is 39.6 Å². The van der Waals surface area contributed by atoms with Gasteiger partial charge in [0.15, 0.2) is 0 Å². The summed E-state index contributed by atoms with van der Waals surface area (Å²) < 4.78 is 16.8. The third-order valence-electron chi connectivity index (χ3n) is 10.5. The van der Waals surface area contributed by atoms with Gasteiger partial charge >= 0.3 is 0 Å². The molecule has 2 atom stereocenters. The molecule has 5 N–H and O–H groups in total. The van der Waals surface area contributed by atoms with Crippen LogP contribution in [0, 0.1) is 13.8 Å². The zero-order valence-electron chi connectivity index (χ0n) is 34.8. The molecule has 0 saturated heterocycles. The molecule has 0 fully saturated rings. The number of aliphatic hydroxyl groups excluding tert-OH is 1. The summed E-state index contributed by atoms with van der Waals surface area (Å²) in [6.07, 6.45) is 1.42. The maximum atomic E-state index is 13.9. The van der Waals surface area contributed by atoms with Gasteiger partial charge in [-0.3, -0.25) is 28.5 Å². The summed E-state index contributed by atoms with van der Waals surface area (Å²) in [7, 11) is 3.54.